The number of benzene rings is 4. The van der Waals surface area contributed by atoms with E-state index in [0.29, 0.717) is 27.8 Å². The topological polar surface area (TPSA) is 86.8 Å². The number of amides is 2. The SMILES string of the molecule is CCNC(=O)C(Cc1ccccc1)N(Cc1ccc(Cl)cc1Cl)C(=O)CN(c1cc(C)cc(C)c1)S(=O)(=O)c1ccc(C)cc1. The average molecular weight is 667 g/mol. The zero-order chi connectivity index (χ0) is 32.7. The van der Waals surface area contributed by atoms with E-state index in [1.165, 1.54) is 17.0 Å². The lowest BCUT2D eigenvalue weighted by atomic mass is 10.0. The fraction of sp³-hybridized carbons (Fsp3) is 0.257. The Morgan fingerprint density at radius 2 is 1.47 bits per heavy atom. The van der Waals surface area contributed by atoms with Crippen LogP contribution < -0.4 is 9.62 Å². The molecule has 0 fully saturated rings. The van der Waals surface area contributed by atoms with Crippen LogP contribution >= 0.6 is 23.2 Å². The van der Waals surface area contributed by atoms with Gasteiger partial charge < -0.3 is 10.2 Å². The predicted molar refractivity (Wildman–Crippen MR) is 181 cm³/mol. The highest BCUT2D eigenvalue weighted by atomic mass is 35.5. The maximum Gasteiger partial charge on any atom is 0.264 e. The zero-order valence-corrected chi connectivity index (χ0v) is 28.1. The molecule has 0 aliphatic heterocycles. The van der Waals surface area contributed by atoms with Crippen LogP contribution in [-0.4, -0.2) is 44.3 Å². The second-order valence-corrected chi connectivity index (χ2v) is 13.7. The largest absolute Gasteiger partial charge is 0.355 e. The number of hydrogen-bond acceptors (Lipinski definition) is 4. The molecule has 0 radical (unpaired) electrons. The van der Waals surface area contributed by atoms with Gasteiger partial charge in [0.15, 0.2) is 0 Å². The Bertz CT molecular complexity index is 1740. The molecule has 0 heterocycles. The third kappa shape index (κ3) is 8.66. The van der Waals surface area contributed by atoms with Crippen molar-refractivity contribution in [3.05, 3.63) is 129 Å². The average Bonchev–Trinajstić information content (AvgIpc) is 2.98. The number of anilines is 1. The first-order chi connectivity index (χ1) is 21.4. The molecule has 0 aliphatic carbocycles. The van der Waals surface area contributed by atoms with Gasteiger partial charge in [0.2, 0.25) is 11.8 Å². The maximum atomic E-state index is 14.5. The summed E-state index contributed by atoms with van der Waals surface area (Å²) in [7, 11) is -4.19. The molecule has 10 heteroatoms. The van der Waals surface area contributed by atoms with Crippen molar-refractivity contribution in [1.29, 1.82) is 0 Å². The highest BCUT2D eigenvalue weighted by molar-refractivity contribution is 7.92. The van der Waals surface area contributed by atoms with E-state index >= 15 is 0 Å². The van der Waals surface area contributed by atoms with Crippen molar-refractivity contribution in [2.24, 2.45) is 0 Å². The molecule has 4 aromatic carbocycles. The molecule has 4 aromatic rings. The van der Waals surface area contributed by atoms with Crippen molar-refractivity contribution < 1.29 is 18.0 Å². The molecule has 4 rings (SSSR count). The number of hydrogen-bond donors (Lipinski definition) is 1. The van der Waals surface area contributed by atoms with Crippen molar-refractivity contribution in [2.75, 3.05) is 17.4 Å². The minimum Gasteiger partial charge on any atom is -0.355 e. The summed E-state index contributed by atoms with van der Waals surface area (Å²) in [6.45, 7) is 7.17. The van der Waals surface area contributed by atoms with E-state index in [1.807, 2.05) is 57.2 Å². The molecule has 0 saturated carbocycles. The Labute approximate surface area is 275 Å². The molecule has 236 valence electrons. The lowest BCUT2D eigenvalue weighted by Gasteiger charge is -2.34. The van der Waals surface area contributed by atoms with Crippen LogP contribution in [0.2, 0.25) is 10.0 Å². The molecule has 0 spiro atoms. The monoisotopic (exact) mass is 665 g/mol. The minimum absolute atomic E-state index is 0.0469. The van der Waals surface area contributed by atoms with E-state index in [4.69, 9.17) is 23.2 Å². The van der Waals surface area contributed by atoms with Gasteiger partial charge in [-0.05, 0) is 86.3 Å². The molecule has 0 aromatic heterocycles. The van der Waals surface area contributed by atoms with Crippen LogP contribution in [0.3, 0.4) is 0 Å². The number of aryl methyl sites for hydroxylation is 3. The van der Waals surface area contributed by atoms with E-state index in [0.717, 1.165) is 26.6 Å². The normalized spacial score (nSPS) is 12.0. The van der Waals surface area contributed by atoms with Gasteiger partial charge in [-0.1, -0.05) is 83.4 Å². The second kappa shape index (κ2) is 15.0. The van der Waals surface area contributed by atoms with Crippen LogP contribution in [0.15, 0.2) is 95.9 Å². The first kappa shape index (κ1) is 34.0. The number of halogens is 2. The van der Waals surface area contributed by atoms with Crippen molar-refractivity contribution in [3.63, 3.8) is 0 Å². The van der Waals surface area contributed by atoms with E-state index < -0.39 is 28.5 Å². The summed E-state index contributed by atoms with van der Waals surface area (Å²) in [5.41, 5.74) is 4.35. The number of rotatable bonds is 12. The van der Waals surface area contributed by atoms with E-state index in [9.17, 15) is 18.0 Å². The Kier molecular flexibility index (Phi) is 11.3. The number of carbonyl (C=O) groups is 2. The van der Waals surface area contributed by atoms with Crippen LogP contribution in [-0.2, 0) is 32.6 Å². The first-order valence-electron chi connectivity index (χ1n) is 14.6. The molecule has 2 amide bonds. The molecule has 0 bridgehead atoms. The Morgan fingerprint density at radius 3 is 2.07 bits per heavy atom. The highest BCUT2D eigenvalue weighted by Gasteiger charge is 2.35. The van der Waals surface area contributed by atoms with Crippen LogP contribution in [0.1, 0.15) is 34.7 Å². The van der Waals surface area contributed by atoms with Crippen LogP contribution in [0.4, 0.5) is 5.69 Å². The van der Waals surface area contributed by atoms with E-state index in [2.05, 4.69) is 5.32 Å². The van der Waals surface area contributed by atoms with Gasteiger partial charge in [-0.25, -0.2) is 8.42 Å². The van der Waals surface area contributed by atoms with Crippen molar-refractivity contribution in [2.45, 2.75) is 51.6 Å². The number of carbonyl (C=O) groups excluding carboxylic acids is 2. The fourth-order valence-electron chi connectivity index (χ4n) is 5.14. The van der Waals surface area contributed by atoms with Gasteiger partial charge in [-0.15, -0.1) is 0 Å². The van der Waals surface area contributed by atoms with Gasteiger partial charge >= 0.3 is 0 Å². The third-order valence-corrected chi connectivity index (χ3v) is 9.74. The Morgan fingerprint density at radius 1 is 0.822 bits per heavy atom. The molecule has 1 unspecified atom stereocenters. The van der Waals surface area contributed by atoms with Crippen LogP contribution in [0.5, 0.6) is 0 Å². The maximum absolute atomic E-state index is 14.5. The number of likely N-dealkylation sites (N-methyl/N-ethyl adjacent to an activating group) is 1. The van der Waals surface area contributed by atoms with Gasteiger partial charge in [-0.2, -0.15) is 0 Å². The smallest absolute Gasteiger partial charge is 0.264 e. The first-order valence-corrected chi connectivity index (χ1v) is 16.8. The molecular formula is C35H37Cl2N3O4S. The summed E-state index contributed by atoms with van der Waals surface area (Å²) in [6.07, 6.45) is 0.206. The van der Waals surface area contributed by atoms with Crippen LogP contribution in [0, 0.1) is 20.8 Å². The van der Waals surface area contributed by atoms with Crippen molar-refractivity contribution in [3.8, 4) is 0 Å². The lowest BCUT2D eigenvalue weighted by molar-refractivity contribution is -0.140. The molecule has 7 nitrogen and oxygen atoms in total. The molecule has 1 atom stereocenters. The standard InChI is InChI=1S/C35H37Cl2N3O4S/c1-5-38-35(42)33(20-27-9-7-6-8-10-27)39(22-28-13-14-29(36)21-32(28)37)34(41)23-40(30-18-25(3)17-26(4)19-30)45(43,44)31-15-11-24(2)12-16-31/h6-19,21,33H,5,20,22-23H2,1-4H3,(H,38,42). The second-order valence-electron chi connectivity index (χ2n) is 11.0. The third-order valence-electron chi connectivity index (χ3n) is 7.36. The van der Waals surface area contributed by atoms with E-state index in [1.54, 1.807) is 49.4 Å². The summed E-state index contributed by atoms with van der Waals surface area (Å²) in [5.74, 6) is -0.929. The van der Waals surface area contributed by atoms with Gasteiger partial charge in [0.1, 0.15) is 12.6 Å². The van der Waals surface area contributed by atoms with Crippen LogP contribution in [0.25, 0.3) is 0 Å². The highest BCUT2D eigenvalue weighted by Crippen LogP contribution is 2.28. The summed E-state index contributed by atoms with van der Waals surface area (Å²) in [4.78, 5) is 29.6. The van der Waals surface area contributed by atoms with Gasteiger partial charge in [0.25, 0.3) is 10.0 Å². The van der Waals surface area contributed by atoms with Crippen molar-refractivity contribution in [1.82, 2.24) is 10.2 Å². The Balaban J connectivity index is 1.84. The van der Waals surface area contributed by atoms with Crippen molar-refractivity contribution >= 4 is 50.7 Å². The van der Waals surface area contributed by atoms with Gasteiger partial charge in [0, 0.05) is 29.6 Å². The van der Waals surface area contributed by atoms with Gasteiger partial charge in [0.05, 0.1) is 10.6 Å². The minimum atomic E-state index is -4.19. The lowest BCUT2D eigenvalue weighted by Crippen LogP contribution is -2.53. The number of nitrogens with zero attached hydrogens (tertiary/aromatic N) is 2. The molecule has 45 heavy (non-hydrogen) atoms. The Hall–Kier alpha value is -3.85. The summed E-state index contributed by atoms with van der Waals surface area (Å²) in [6, 6.07) is 25.2. The predicted octanol–water partition coefficient (Wildman–Crippen LogP) is 6.89. The molecule has 0 aliphatic rings. The number of nitrogens with one attached hydrogen (secondary N) is 1. The molecular weight excluding hydrogens is 629 g/mol. The molecule has 1 N–H and O–H groups in total. The zero-order valence-electron chi connectivity index (χ0n) is 25.8. The number of sulfonamides is 1. The van der Waals surface area contributed by atoms with E-state index in [-0.39, 0.29) is 23.8 Å². The molecule has 0 saturated heterocycles. The summed E-state index contributed by atoms with van der Waals surface area (Å²) >= 11 is 12.7. The summed E-state index contributed by atoms with van der Waals surface area (Å²) < 4.78 is 29.5. The quantitative estimate of drug-likeness (QED) is 0.179. The summed E-state index contributed by atoms with van der Waals surface area (Å²) in [5, 5.41) is 3.61. The van der Waals surface area contributed by atoms with Gasteiger partial charge in [-0.3, -0.25) is 13.9 Å². The fourth-order valence-corrected chi connectivity index (χ4v) is 7.01.